The van der Waals surface area contributed by atoms with Gasteiger partial charge in [0.05, 0.1) is 11.4 Å². The fourth-order valence-electron chi connectivity index (χ4n) is 3.70. The molecule has 6 N–H and O–H groups in total. The van der Waals surface area contributed by atoms with Crippen LogP contribution in [0.25, 0.3) is 22.3 Å². The zero-order valence-corrected chi connectivity index (χ0v) is 18.8. The van der Waals surface area contributed by atoms with E-state index in [1.807, 2.05) is 54.6 Å². The fourth-order valence-corrected chi connectivity index (χ4v) is 3.70. The number of hydrogen-bond acceptors (Lipinski definition) is 9. The summed E-state index contributed by atoms with van der Waals surface area (Å²) in [4.78, 5) is 20.2. The highest BCUT2D eigenvalue weighted by atomic mass is 16.5. The zero-order chi connectivity index (χ0) is 24.8. The number of anilines is 1. The Labute approximate surface area is 200 Å². The molecule has 0 bridgehead atoms. The summed E-state index contributed by atoms with van der Waals surface area (Å²) in [6, 6.07) is 16.3. The largest absolute Gasteiger partial charge is 0.457 e. The number of aromatic nitrogens is 4. The number of carbonyl (C=O) groups excluding carboxylic acids is 1. The number of carbonyl (C=O) groups is 1. The molecule has 35 heavy (non-hydrogen) atoms. The highest BCUT2D eigenvalue weighted by molar-refractivity contribution is 5.98. The Morgan fingerprint density at radius 3 is 2.46 bits per heavy atom. The average molecular weight is 479 g/mol. The van der Waals surface area contributed by atoms with Crippen LogP contribution in [-0.2, 0) is 4.79 Å². The second kappa shape index (κ2) is 10.9. The van der Waals surface area contributed by atoms with Crippen LogP contribution < -0.4 is 15.8 Å². The molecule has 2 aromatic carbocycles. The molecule has 0 unspecified atom stereocenters. The van der Waals surface area contributed by atoms with E-state index >= 15 is 0 Å². The third-order valence-electron chi connectivity index (χ3n) is 5.41. The molecule has 182 valence electrons. The van der Waals surface area contributed by atoms with Crippen molar-refractivity contribution in [3.63, 3.8) is 0 Å². The minimum atomic E-state index is -2.13. The van der Waals surface area contributed by atoms with E-state index in [-0.39, 0.29) is 19.0 Å². The van der Waals surface area contributed by atoms with Crippen LogP contribution in [0, 0.1) is 0 Å². The average Bonchev–Trinajstić information content (AvgIpc) is 3.26. The number of nitrogens with one attached hydrogen (secondary N) is 1. The third-order valence-corrected chi connectivity index (χ3v) is 5.41. The molecule has 0 saturated heterocycles. The minimum absolute atomic E-state index is 0.0421. The summed E-state index contributed by atoms with van der Waals surface area (Å²) < 4.78 is 7.48. The van der Waals surface area contributed by atoms with Crippen LogP contribution in [0.3, 0.4) is 0 Å². The van der Waals surface area contributed by atoms with Gasteiger partial charge in [0, 0.05) is 18.7 Å². The van der Waals surface area contributed by atoms with E-state index in [4.69, 9.17) is 25.8 Å². The molecule has 0 saturated carbocycles. The number of nitrogens with zero attached hydrogens (tertiary/aromatic N) is 4. The Morgan fingerprint density at radius 2 is 1.77 bits per heavy atom. The van der Waals surface area contributed by atoms with Crippen molar-refractivity contribution >= 4 is 22.8 Å². The number of rotatable bonds is 10. The van der Waals surface area contributed by atoms with Gasteiger partial charge in [0.15, 0.2) is 5.65 Å². The highest BCUT2D eigenvalue weighted by Gasteiger charge is 2.23. The molecular weight excluding hydrogens is 452 g/mol. The standard InChI is InChI=1S/C24H26N6O5/c25-21-19-20(15-8-10-18(11-9-15)35-17-6-2-1-3-7-17)29-30(22(19)28-14-27-21)16(5-4-12-31)13-26-23(32)24(33)34/h1-3,6-11,14,16,24,31,33-34H,4-5,12-13H2,(H,26,32)(H2,25,27,28)/t16-/m1/s1. The van der Waals surface area contributed by atoms with Crippen molar-refractivity contribution in [2.75, 3.05) is 18.9 Å². The third kappa shape index (κ3) is 5.54. The predicted molar refractivity (Wildman–Crippen MR) is 128 cm³/mol. The van der Waals surface area contributed by atoms with E-state index in [1.165, 1.54) is 6.33 Å². The number of ether oxygens (including phenoxy) is 1. The maximum atomic E-state index is 11.7. The summed E-state index contributed by atoms with van der Waals surface area (Å²) >= 11 is 0. The van der Waals surface area contributed by atoms with Gasteiger partial charge in [0.2, 0.25) is 6.29 Å². The van der Waals surface area contributed by atoms with Crippen molar-refractivity contribution in [1.29, 1.82) is 0 Å². The predicted octanol–water partition coefficient (Wildman–Crippen LogP) is 1.61. The second-order valence-electron chi connectivity index (χ2n) is 7.83. The molecule has 2 heterocycles. The van der Waals surface area contributed by atoms with Crippen molar-refractivity contribution in [3.05, 3.63) is 60.9 Å². The number of para-hydroxylation sites is 1. The van der Waals surface area contributed by atoms with Gasteiger partial charge in [0.1, 0.15) is 29.3 Å². The van der Waals surface area contributed by atoms with Gasteiger partial charge in [-0.3, -0.25) is 4.79 Å². The quantitative estimate of drug-likeness (QED) is 0.213. The van der Waals surface area contributed by atoms with Crippen LogP contribution in [-0.4, -0.2) is 60.4 Å². The van der Waals surface area contributed by atoms with Crippen molar-refractivity contribution in [2.24, 2.45) is 0 Å². The maximum Gasteiger partial charge on any atom is 0.276 e. The lowest BCUT2D eigenvalue weighted by Gasteiger charge is -2.19. The monoisotopic (exact) mass is 478 g/mol. The minimum Gasteiger partial charge on any atom is -0.457 e. The van der Waals surface area contributed by atoms with Crippen LogP contribution in [0.2, 0.25) is 0 Å². The van der Waals surface area contributed by atoms with Crippen molar-refractivity contribution in [3.8, 4) is 22.8 Å². The smallest absolute Gasteiger partial charge is 0.276 e. The SMILES string of the molecule is Nc1ncnc2c1c(-c1ccc(Oc3ccccc3)cc1)nn2[C@H](CCCO)CNC(=O)C(O)O. The van der Waals surface area contributed by atoms with Gasteiger partial charge in [-0.2, -0.15) is 5.10 Å². The first-order chi connectivity index (χ1) is 17.0. The Morgan fingerprint density at radius 1 is 1.06 bits per heavy atom. The number of aliphatic hydroxyl groups excluding tert-OH is 2. The highest BCUT2D eigenvalue weighted by Crippen LogP contribution is 2.33. The van der Waals surface area contributed by atoms with Gasteiger partial charge in [-0.1, -0.05) is 18.2 Å². The summed E-state index contributed by atoms with van der Waals surface area (Å²) in [6.07, 6.45) is 0.0797. The molecule has 0 aliphatic heterocycles. The molecule has 4 rings (SSSR count). The van der Waals surface area contributed by atoms with E-state index in [0.717, 1.165) is 11.3 Å². The molecule has 1 amide bonds. The van der Waals surface area contributed by atoms with E-state index in [1.54, 1.807) is 4.68 Å². The Kier molecular flexibility index (Phi) is 7.51. The lowest BCUT2D eigenvalue weighted by atomic mass is 10.1. The van der Waals surface area contributed by atoms with E-state index in [9.17, 15) is 9.90 Å². The summed E-state index contributed by atoms with van der Waals surface area (Å²) in [7, 11) is 0. The first-order valence-corrected chi connectivity index (χ1v) is 11.0. The molecule has 0 spiro atoms. The molecule has 11 heteroatoms. The molecule has 0 radical (unpaired) electrons. The summed E-state index contributed by atoms with van der Waals surface area (Å²) in [5.41, 5.74) is 7.96. The number of nitrogens with two attached hydrogens (primary N) is 1. The molecule has 0 aliphatic carbocycles. The van der Waals surface area contributed by atoms with Crippen LogP contribution in [0.5, 0.6) is 11.5 Å². The number of aliphatic hydroxyl groups is 3. The first kappa shape index (κ1) is 24.1. The normalized spacial score (nSPS) is 12.1. The van der Waals surface area contributed by atoms with E-state index in [0.29, 0.717) is 35.3 Å². The molecule has 0 aliphatic rings. The number of benzene rings is 2. The van der Waals surface area contributed by atoms with Crippen molar-refractivity contribution in [2.45, 2.75) is 25.2 Å². The van der Waals surface area contributed by atoms with Gasteiger partial charge >= 0.3 is 0 Å². The summed E-state index contributed by atoms with van der Waals surface area (Å²) in [6.45, 7) is -0.0143. The Bertz CT molecular complexity index is 1280. The van der Waals surface area contributed by atoms with Crippen molar-refractivity contribution < 1.29 is 24.9 Å². The van der Waals surface area contributed by atoms with Gasteiger partial charge in [-0.05, 0) is 49.2 Å². The van der Waals surface area contributed by atoms with Crippen LogP contribution >= 0.6 is 0 Å². The van der Waals surface area contributed by atoms with Gasteiger partial charge in [0.25, 0.3) is 5.91 Å². The number of amides is 1. The van der Waals surface area contributed by atoms with Crippen LogP contribution in [0.4, 0.5) is 5.82 Å². The molecule has 2 aromatic heterocycles. The Hall–Kier alpha value is -4.06. The lowest BCUT2D eigenvalue weighted by molar-refractivity contribution is -0.147. The van der Waals surface area contributed by atoms with E-state index in [2.05, 4.69) is 15.3 Å². The first-order valence-electron chi connectivity index (χ1n) is 11.0. The summed E-state index contributed by atoms with van der Waals surface area (Å²) in [5, 5.41) is 35.3. The second-order valence-corrected chi connectivity index (χ2v) is 7.83. The molecule has 11 nitrogen and oxygen atoms in total. The number of nitrogen functional groups attached to an aromatic ring is 1. The molecule has 0 fully saturated rings. The maximum absolute atomic E-state index is 11.7. The van der Waals surface area contributed by atoms with E-state index < -0.39 is 18.2 Å². The topological polar surface area (TPSA) is 169 Å². The van der Waals surface area contributed by atoms with Gasteiger partial charge < -0.3 is 31.1 Å². The van der Waals surface area contributed by atoms with Crippen molar-refractivity contribution in [1.82, 2.24) is 25.1 Å². The number of fused-ring (bicyclic) bond motifs is 1. The number of hydrogen-bond donors (Lipinski definition) is 5. The fraction of sp³-hybridized carbons (Fsp3) is 0.250. The Balaban J connectivity index is 1.69. The summed E-state index contributed by atoms with van der Waals surface area (Å²) in [5.74, 6) is 0.684. The molecular formula is C24H26N6O5. The molecule has 1 atom stereocenters. The van der Waals surface area contributed by atoms with Crippen LogP contribution in [0.1, 0.15) is 18.9 Å². The van der Waals surface area contributed by atoms with Crippen LogP contribution in [0.15, 0.2) is 60.9 Å². The molecule has 4 aromatic rings. The lowest BCUT2D eigenvalue weighted by Crippen LogP contribution is -2.38. The zero-order valence-electron chi connectivity index (χ0n) is 18.8. The van der Waals surface area contributed by atoms with Gasteiger partial charge in [-0.25, -0.2) is 14.6 Å². The van der Waals surface area contributed by atoms with Gasteiger partial charge in [-0.15, -0.1) is 0 Å².